The molecule has 0 aliphatic rings. The monoisotopic (exact) mass is 267 g/mol. The molecule has 0 atom stereocenters. The number of nitrogen functional groups attached to an aromatic ring is 1. The van der Waals surface area contributed by atoms with E-state index in [1.165, 1.54) is 0 Å². The third-order valence-electron chi connectivity index (χ3n) is 3.06. The van der Waals surface area contributed by atoms with Crippen LogP contribution in [-0.4, -0.2) is 15.7 Å². The van der Waals surface area contributed by atoms with E-state index in [0.717, 1.165) is 28.2 Å². The molecule has 0 radical (unpaired) electrons. The molecule has 2 aromatic carbocycles. The lowest BCUT2D eigenvalue weighted by Gasteiger charge is -2.09. The van der Waals surface area contributed by atoms with Crippen LogP contribution in [0.3, 0.4) is 0 Å². The Balaban J connectivity index is 2.03. The summed E-state index contributed by atoms with van der Waals surface area (Å²) >= 11 is 0. The minimum atomic E-state index is 0.159. The fourth-order valence-electron chi connectivity index (χ4n) is 2.18. The molecule has 0 saturated heterocycles. The number of fused-ring (bicyclic) bond motifs is 1. The van der Waals surface area contributed by atoms with Crippen molar-refractivity contribution in [2.45, 2.75) is 20.0 Å². The molecule has 1 aromatic heterocycles. The van der Waals surface area contributed by atoms with Crippen LogP contribution in [0.25, 0.3) is 16.7 Å². The molecule has 4 heteroatoms. The van der Waals surface area contributed by atoms with Gasteiger partial charge in [0.2, 0.25) is 0 Å². The maximum absolute atomic E-state index is 5.72. The fourth-order valence-corrected chi connectivity index (χ4v) is 2.18. The highest BCUT2D eigenvalue weighted by molar-refractivity contribution is 5.79. The first-order valence-corrected chi connectivity index (χ1v) is 6.63. The van der Waals surface area contributed by atoms with Crippen LogP contribution in [-0.2, 0) is 0 Å². The van der Waals surface area contributed by atoms with Crippen molar-refractivity contribution in [2.24, 2.45) is 0 Å². The van der Waals surface area contributed by atoms with Crippen molar-refractivity contribution in [3.05, 3.63) is 48.8 Å². The summed E-state index contributed by atoms with van der Waals surface area (Å²) < 4.78 is 7.72. The van der Waals surface area contributed by atoms with Gasteiger partial charge in [-0.25, -0.2) is 4.98 Å². The number of imidazole rings is 1. The van der Waals surface area contributed by atoms with E-state index in [0.29, 0.717) is 0 Å². The van der Waals surface area contributed by atoms with Gasteiger partial charge in [-0.2, -0.15) is 0 Å². The fraction of sp³-hybridized carbons (Fsp3) is 0.188. The second kappa shape index (κ2) is 4.89. The normalized spacial score (nSPS) is 11.2. The van der Waals surface area contributed by atoms with Gasteiger partial charge >= 0.3 is 0 Å². The average molecular weight is 267 g/mol. The molecule has 0 spiro atoms. The van der Waals surface area contributed by atoms with Gasteiger partial charge < -0.3 is 10.5 Å². The summed E-state index contributed by atoms with van der Waals surface area (Å²) in [7, 11) is 0. The van der Waals surface area contributed by atoms with Gasteiger partial charge in [-0.1, -0.05) is 0 Å². The van der Waals surface area contributed by atoms with E-state index in [9.17, 15) is 0 Å². The van der Waals surface area contributed by atoms with Crippen LogP contribution in [0.4, 0.5) is 5.69 Å². The second-order valence-electron chi connectivity index (χ2n) is 5.02. The summed E-state index contributed by atoms with van der Waals surface area (Å²) in [5.74, 6) is 0.843. The molecule has 102 valence electrons. The zero-order chi connectivity index (χ0) is 14.1. The number of ether oxygens (including phenoxy) is 1. The molecule has 0 saturated carbocycles. The first-order chi connectivity index (χ1) is 9.63. The maximum atomic E-state index is 5.72. The van der Waals surface area contributed by atoms with Gasteiger partial charge in [0, 0.05) is 17.4 Å². The first kappa shape index (κ1) is 12.5. The molecule has 0 bridgehead atoms. The number of rotatable bonds is 3. The van der Waals surface area contributed by atoms with Gasteiger partial charge in [0.15, 0.2) is 0 Å². The van der Waals surface area contributed by atoms with Crippen molar-refractivity contribution >= 4 is 16.7 Å². The molecule has 1 heterocycles. The molecule has 0 aliphatic heterocycles. The summed E-state index contributed by atoms with van der Waals surface area (Å²) in [4.78, 5) is 4.44. The van der Waals surface area contributed by atoms with Gasteiger partial charge in [-0.3, -0.25) is 4.57 Å². The van der Waals surface area contributed by atoms with Crippen LogP contribution in [0.1, 0.15) is 13.8 Å². The van der Waals surface area contributed by atoms with Crippen LogP contribution < -0.4 is 10.5 Å². The van der Waals surface area contributed by atoms with Gasteiger partial charge in [0.05, 0.1) is 17.1 Å². The molecule has 3 aromatic rings. The third kappa shape index (κ3) is 2.32. The Labute approximate surface area is 117 Å². The Hall–Kier alpha value is -2.49. The standard InChI is InChI=1S/C16H17N3O/c1-11(2)20-14-7-8-16-15(9-14)18-10-19(16)13-5-3-12(17)4-6-13/h3-11H,17H2,1-2H3. The van der Waals surface area contributed by atoms with Crippen LogP contribution in [0.2, 0.25) is 0 Å². The van der Waals surface area contributed by atoms with Crippen molar-refractivity contribution in [3.63, 3.8) is 0 Å². The minimum Gasteiger partial charge on any atom is -0.491 e. The Kier molecular flexibility index (Phi) is 3.06. The van der Waals surface area contributed by atoms with E-state index in [2.05, 4.69) is 4.98 Å². The number of nitrogens with zero attached hydrogens (tertiary/aromatic N) is 2. The van der Waals surface area contributed by atoms with E-state index < -0.39 is 0 Å². The summed E-state index contributed by atoms with van der Waals surface area (Å²) in [5, 5.41) is 0. The van der Waals surface area contributed by atoms with E-state index in [4.69, 9.17) is 10.5 Å². The molecule has 0 fully saturated rings. The second-order valence-corrected chi connectivity index (χ2v) is 5.02. The van der Waals surface area contributed by atoms with Crippen molar-refractivity contribution < 1.29 is 4.74 Å². The Morgan fingerprint density at radius 2 is 1.85 bits per heavy atom. The van der Waals surface area contributed by atoms with Crippen LogP contribution >= 0.6 is 0 Å². The van der Waals surface area contributed by atoms with Gasteiger partial charge in [0.1, 0.15) is 12.1 Å². The van der Waals surface area contributed by atoms with E-state index in [1.54, 1.807) is 0 Å². The number of nitrogens with two attached hydrogens (primary N) is 1. The number of anilines is 1. The van der Waals surface area contributed by atoms with Crippen LogP contribution in [0, 0.1) is 0 Å². The molecule has 2 N–H and O–H groups in total. The molecule has 0 aliphatic carbocycles. The highest BCUT2D eigenvalue weighted by atomic mass is 16.5. The van der Waals surface area contributed by atoms with Gasteiger partial charge in [-0.05, 0) is 50.2 Å². The Morgan fingerprint density at radius 1 is 1.10 bits per heavy atom. The quantitative estimate of drug-likeness (QED) is 0.740. The summed E-state index contributed by atoms with van der Waals surface area (Å²) in [6, 6.07) is 13.7. The third-order valence-corrected chi connectivity index (χ3v) is 3.06. The molecule has 3 rings (SSSR count). The first-order valence-electron chi connectivity index (χ1n) is 6.63. The zero-order valence-corrected chi connectivity index (χ0v) is 11.6. The van der Waals surface area contributed by atoms with Crippen molar-refractivity contribution in [1.82, 2.24) is 9.55 Å². The largest absolute Gasteiger partial charge is 0.491 e. The number of hydrogen-bond donors (Lipinski definition) is 1. The van der Waals surface area contributed by atoms with E-state index in [-0.39, 0.29) is 6.10 Å². The van der Waals surface area contributed by atoms with Crippen molar-refractivity contribution in [1.29, 1.82) is 0 Å². The lowest BCUT2D eigenvalue weighted by atomic mass is 10.2. The van der Waals surface area contributed by atoms with Gasteiger partial charge in [-0.15, -0.1) is 0 Å². The van der Waals surface area contributed by atoms with Crippen LogP contribution in [0.15, 0.2) is 48.8 Å². The zero-order valence-electron chi connectivity index (χ0n) is 11.6. The van der Waals surface area contributed by atoms with E-state index >= 15 is 0 Å². The van der Waals surface area contributed by atoms with Crippen molar-refractivity contribution in [2.75, 3.05) is 5.73 Å². The Morgan fingerprint density at radius 3 is 2.55 bits per heavy atom. The van der Waals surface area contributed by atoms with Crippen LogP contribution in [0.5, 0.6) is 5.75 Å². The molecule has 4 nitrogen and oxygen atoms in total. The topological polar surface area (TPSA) is 53.1 Å². The average Bonchev–Trinajstić information content (AvgIpc) is 2.82. The number of hydrogen-bond acceptors (Lipinski definition) is 3. The maximum Gasteiger partial charge on any atom is 0.121 e. The highest BCUT2D eigenvalue weighted by Gasteiger charge is 2.06. The molecule has 20 heavy (non-hydrogen) atoms. The lowest BCUT2D eigenvalue weighted by Crippen LogP contribution is -2.05. The highest BCUT2D eigenvalue weighted by Crippen LogP contribution is 2.23. The van der Waals surface area contributed by atoms with E-state index in [1.807, 2.05) is 67.2 Å². The Bertz CT molecular complexity index is 729. The summed E-state index contributed by atoms with van der Waals surface area (Å²) in [5.41, 5.74) is 9.48. The van der Waals surface area contributed by atoms with Gasteiger partial charge in [0.25, 0.3) is 0 Å². The number of benzene rings is 2. The molecule has 0 unspecified atom stereocenters. The molecular weight excluding hydrogens is 250 g/mol. The SMILES string of the molecule is CC(C)Oc1ccc2c(c1)ncn2-c1ccc(N)cc1. The smallest absolute Gasteiger partial charge is 0.121 e. The minimum absolute atomic E-state index is 0.159. The summed E-state index contributed by atoms with van der Waals surface area (Å²) in [6.07, 6.45) is 1.97. The molecular formula is C16H17N3O. The lowest BCUT2D eigenvalue weighted by molar-refractivity contribution is 0.242. The number of aromatic nitrogens is 2. The predicted octanol–water partition coefficient (Wildman–Crippen LogP) is 3.39. The summed E-state index contributed by atoms with van der Waals surface area (Å²) in [6.45, 7) is 4.02. The predicted molar refractivity (Wildman–Crippen MR) is 81.2 cm³/mol. The van der Waals surface area contributed by atoms with Crippen molar-refractivity contribution in [3.8, 4) is 11.4 Å². The molecule has 0 amide bonds.